The average molecular weight is 270 g/mol. The lowest BCUT2D eigenvalue weighted by atomic mass is 9.90. The molecule has 0 aromatic heterocycles. The Hall–Kier alpha value is -1.10. The molecule has 0 aromatic rings. The molecule has 0 saturated carbocycles. The van der Waals surface area contributed by atoms with Crippen LogP contribution in [0.1, 0.15) is 41.5 Å². The number of hydrogen-bond donors (Lipinski definition) is 1. The van der Waals surface area contributed by atoms with Crippen molar-refractivity contribution in [3.8, 4) is 0 Å². The van der Waals surface area contributed by atoms with Crippen molar-refractivity contribution >= 4 is 11.8 Å². The molecule has 1 aliphatic rings. The highest BCUT2D eigenvalue weighted by Gasteiger charge is 2.49. The number of nitrogens with one attached hydrogen (secondary N) is 1. The van der Waals surface area contributed by atoms with Crippen molar-refractivity contribution in [1.29, 1.82) is 0 Å². The first-order valence-corrected chi connectivity index (χ1v) is 6.81. The molecule has 1 saturated heterocycles. The third-order valence-electron chi connectivity index (χ3n) is 3.35. The molecule has 0 spiro atoms. The molecule has 5 heteroatoms. The van der Waals surface area contributed by atoms with E-state index in [1.807, 2.05) is 0 Å². The Labute approximate surface area is 115 Å². The van der Waals surface area contributed by atoms with E-state index < -0.39 is 11.1 Å². The molecule has 0 bridgehead atoms. The molecule has 5 nitrogen and oxygen atoms in total. The molecule has 1 N–H and O–H groups in total. The van der Waals surface area contributed by atoms with Crippen molar-refractivity contribution in [2.24, 2.45) is 5.92 Å². The molecule has 19 heavy (non-hydrogen) atoms. The molecule has 1 aliphatic heterocycles. The third-order valence-corrected chi connectivity index (χ3v) is 3.35. The van der Waals surface area contributed by atoms with Crippen molar-refractivity contribution < 1.29 is 14.3 Å². The molecule has 0 radical (unpaired) electrons. The van der Waals surface area contributed by atoms with E-state index in [1.54, 1.807) is 32.6 Å². The quantitative estimate of drug-likeness (QED) is 0.763. The molecule has 1 fully saturated rings. The SMILES string of the molecule is CC(C)COCCN1C(=O)C(C)(C)NC(=O)C1(C)C. The number of amides is 2. The Balaban J connectivity index is 2.71. The highest BCUT2D eigenvalue weighted by molar-refractivity contribution is 6.01. The van der Waals surface area contributed by atoms with Gasteiger partial charge in [-0.25, -0.2) is 0 Å². The Kier molecular flexibility index (Phi) is 4.61. The summed E-state index contributed by atoms with van der Waals surface area (Å²) in [7, 11) is 0. The van der Waals surface area contributed by atoms with E-state index in [9.17, 15) is 9.59 Å². The maximum absolute atomic E-state index is 12.4. The van der Waals surface area contributed by atoms with Crippen LogP contribution < -0.4 is 5.32 Å². The number of hydrogen-bond acceptors (Lipinski definition) is 3. The Morgan fingerprint density at radius 1 is 1.21 bits per heavy atom. The van der Waals surface area contributed by atoms with Gasteiger partial charge < -0.3 is 15.0 Å². The zero-order valence-electron chi connectivity index (χ0n) is 12.9. The summed E-state index contributed by atoms with van der Waals surface area (Å²) in [5.74, 6) is 0.274. The predicted octanol–water partition coefficient (Wildman–Crippen LogP) is 1.17. The fourth-order valence-corrected chi connectivity index (χ4v) is 2.06. The maximum Gasteiger partial charge on any atom is 0.248 e. The van der Waals surface area contributed by atoms with E-state index in [2.05, 4.69) is 19.2 Å². The van der Waals surface area contributed by atoms with Gasteiger partial charge in [0.15, 0.2) is 0 Å². The van der Waals surface area contributed by atoms with E-state index in [0.29, 0.717) is 25.7 Å². The average Bonchev–Trinajstić information content (AvgIpc) is 2.25. The van der Waals surface area contributed by atoms with Gasteiger partial charge in [0.2, 0.25) is 11.8 Å². The van der Waals surface area contributed by atoms with Crippen LogP contribution in [0.25, 0.3) is 0 Å². The van der Waals surface area contributed by atoms with Gasteiger partial charge in [0.1, 0.15) is 11.1 Å². The van der Waals surface area contributed by atoms with Gasteiger partial charge in [-0.05, 0) is 33.6 Å². The van der Waals surface area contributed by atoms with Crippen LogP contribution in [0.2, 0.25) is 0 Å². The molecule has 0 atom stereocenters. The molecule has 0 aromatic carbocycles. The molecule has 1 heterocycles. The smallest absolute Gasteiger partial charge is 0.248 e. The van der Waals surface area contributed by atoms with Crippen LogP contribution in [-0.2, 0) is 14.3 Å². The van der Waals surface area contributed by atoms with E-state index in [4.69, 9.17) is 4.74 Å². The summed E-state index contributed by atoms with van der Waals surface area (Å²) < 4.78 is 5.52. The Morgan fingerprint density at radius 2 is 1.79 bits per heavy atom. The molecule has 0 aliphatic carbocycles. The monoisotopic (exact) mass is 270 g/mol. The van der Waals surface area contributed by atoms with Gasteiger partial charge in [-0.3, -0.25) is 9.59 Å². The molecule has 0 unspecified atom stereocenters. The normalized spacial score (nSPS) is 21.7. The van der Waals surface area contributed by atoms with E-state index in [1.165, 1.54) is 0 Å². The van der Waals surface area contributed by atoms with Crippen molar-refractivity contribution in [2.45, 2.75) is 52.6 Å². The number of ether oxygens (including phenoxy) is 1. The largest absolute Gasteiger partial charge is 0.379 e. The van der Waals surface area contributed by atoms with Gasteiger partial charge in [-0.2, -0.15) is 0 Å². The maximum atomic E-state index is 12.4. The predicted molar refractivity (Wildman–Crippen MR) is 73.7 cm³/mol. The lowest BCUT2D eigenvalue weighted by Crippen LogP contribution is -2.72. The Morgan fingerprint density at radius 3 is 2.32 bits per heavy atom. The minimum absolute atomic E-state index is 0.0646. The third kappa shape index (κ3) is 3.47. The second-order valence-electron chi connectivity index (χ2n) is 6.56. The summed E-state index contributed by atoms with van der Waals surface area (Å²) in [5, 5.41) is 2.76. The summed E-state index contributed by atoms with van der Waals surface area (Å²) in [6.07, 6.45) is 0. The first kappa shape index (κ1) is 16.0. The zero-order chi connectivity index (χ0) is 14.8. The van der Waals surface area contributed by atoms with Crippen molar-refractivity contribution in [2.75, 3.05) is 19.8 Å². The lowest BCUT2D eigenvalue weighted by molar-refractivity contribution is -0.160. The van der Waals surface area contributed by atoms with E-state index >= 15 is 0 Å². The second-order valence-corrected chi connectivity index (χ2v) is 6.56. The van der Waals surface area contributed by atoms with Gasteiger partial charge in [0.25, 0.3) is 0 Å². The number of carbonyl (C=O) groups excluding carboxylic acids is 2. The van der Waals surface area contributed by atoms with Gasteiger partial charge in [-0.1, -0.05) is 13.8 Å². The first-order chi connectivity index (χ1) is 8.59. The van der Waals surface area contributed by atoms with Gasteiger partial charge in [-0.15, -0.1) is 0 Å². The fourth-order valence-electron chi connectivity index (χ4n) is 2.06. The Bertz CT molecular complexity index is 362. The zero-order valence-corrected chi connectivity index (χ0v) is 12.9. The summed E-state index contributed by atoms with van der Waals surface area (Å²) in [6, 6.07) is 0. The van der Waals surface area contributed by atoms with Crippen LogP contribution in [0, 0.1) is 5.92 Å². The van der Waals surface area contributed by atoms with Crippen LogP contribution in [0.15, 0.2) is 0 Å². The standard InChI is InChI=1S/C14H26N2O3/c1-10(2)9-19-8-7-16-12(18)13(3,4)15-11(17)14(16,5)6/h10H,7-9H2,1-6H3,(H,15,17). The summed E-state index contributed by atoms with van der Waals surface area (Å²) in [6.45, 7) is 12.7. The molecular weight excluding hydrogens is 244 g/mol. The molecular formula is C14H26N2O3. The highest BCUT2D eigenvalue weighted by atomic mass is 16.5. The van der Waals surface area contributed by atoms with Crippen molar-refractivity contribution in [3.63, 3.8) is 0 Å². The topological polar surface area (TPSA) is 58.6 Å². The lowest BCUT2D eigenvalue weighted by Gasteiger charge is -2.47. The number of nitrogens with zero attached hydrogens (tertiary/aromatic N) is 1. The van der Waals surface area contributed by atoms with Crippen LogP contribution in [-0.4, -0.2) is 47.6 Å². The van der Waals surface area contributed by atoms with Gasteiger partial charge in [0, 0.05) is 13.2 Å². The number of rotatable bonds is 5. The van der Waals surface area contributed by atoms with Crippen molar-refractivity contribution in [1.82, 2.24) is 10.2 Å². The van der Waals surface area contributed by atoms with Gasteiger partial charge >= 0.3 is 0 Å². The molecule has 1 rings (SSSR count). The summed E-state index contributed by atoms with van der Waals surface area (Å²) in [5.41, 5.74) is -1.67. The minimum Gasteiger partial charge on any atom is -0.379 e. The van der Waals surface area contributed by atoms with Crippen LogP contribution in [0.3, 0.4) is 0 Å². The summed E-state index contributed by atoms with van der Waals surface area (Å²) in [4.78, 5) is 26.1. The summed E-state index contributed by atoms with van der Waals surface area (Å²) >= 11 is 0. The first-order valence-electron chi connectivity index (χ1n) is 6.81. The highest BCUT2D eigenvalue weighted by Crippen LogP contribution is 2.25. The molecule has 2 amide bonds. The van der Waals surface area contributed by atoms with Crippen LogP contribution in [0.5, 0.6) is 0 Å². The number of piperazine rings is 1. The molecule has 110 valence electrons. The van der Waals surface area contributed by atoms with Crippen LogP contribution >= 0.6 is 0 Å². The van der Waals surface area contributed by atoms with Crippen LogP contribution in [0.4, 0.5) is 0 Å². The van der Waals surface area contributed by atoms with E-state index in [-0.39, 0.29) is 11.8 Å². The number of carbonyl (C=O) groups is 2. The van der Waals surface area contributed by atoms with Gasteiger partial charge in [0.05, 0.1) is 6.61 Å². The van der Waals surface area contributed by atoms with Crippen molar-refractivity contribution in [3.05, 3.63) is 0 Å². The minimum atomic E-state index is -0.843. The fraction of sp³-hybridized carbons (Fsp3) is 0.857. The van der Waals surface area contributed by atoms with E-state index in [0.717, 1.165) is 0 Å². The second kappa shape index (κ2) is 5.49.